The Morgan fingerprint density at radius 1 is 1.28 bits per heavy atom. The van der Waals surface area contributed by atoms with Gasteiger partial charge in [-0.2, -0.15) is 5.06 Å². The molecule has 0 fully saturated rings. The quantitative estimate of drug-likeness (QED) is 0.827. The lowest BCUT2D eigenvalue weighted by Gasteiger charge is -2.38. The largest absolute Gasteiger partial charge is 0.363 e. The molecule has 0 spiro atoms. The van der Waals surface area contributed by atoms with Gasteiger partial charge in [0, 0.05) is 12.5 Å². The first kappa shape index (κ1) is 12.7. The van der Waals surface area contributed by atoms with Crippen LogP contribution in [0.2, 0.25) is 0 Å². The topological polar surface area (TPSA) is 73.1 Å². The molecular formula is C13H16N2O3. The fourth-order valence-electron chi connectivity index (χ4n) is 2.18. The van der Waals surface area contributed by atoms with Crippen LogP contribution in [0.3, 0.4) is 0 Å². The molecule has 1 unspecified atom stereocenters. The maximum Gasteiger partial charge on any atom is 0.215 e. The molecule has 1 aliphatic rings. The number of hydrogen-bond donors (Lipinski definition) is 2. The number of carbonyl (C=O) groups excluding carboxylic acids is 1. The van der Waals surface area contributed by atoms with Gasteiger partial charge in [0.25, 0.3) is 0 Å². The third-order valence-electron chi connectivity index (χ3n) is 3.24. The highest BCUT2D eigenvalue weighted by Crippen LogP contribution is 2.42. The summed E-state index contributed by atoms with van der Waals surface area (Å²) < 4.78 is 0. The van der Waals surface area contributed by atoms with Crippen molar-refractivity contribution in [2.24, 2.45) is 4.99 Å². The predicted molar refractivity (Wildman–Crippen MR) is 66.2 cm³/mol. The van der Waals surface area contributed by atoms with Gasteiger partial charge in [0.05, 0.1) is 0 Å². The van der Waals surface area contributed by atoms with Crippen molar-refractivity contribution in [2.45, 2.75) is 32.0 Å². The van der Waals surface area contributed by atoms with Crippen molar-refractivity contribution in [3.8, 4) is 0 Å². The number of Topliss-reactive ketones (excluding diaryl/α,β-unsaturated/α-hetero) is 1. The van der Waals surface area contributed by atoms with Crippen LogP contribution in [-0.2, 0) is 10.5 Å². The fourth-order valence-corrected chi connectivity index (χ4v) is 2.18. The third kappa shape index (κ3) is 1.55. The second-order valence-electron chi connectivity index (χ2n) is 4.90. The molecule has 2 rings (SSSR count). The molecule has 0 radical (unpaired) electrons. The molecule has 0 amide bonds. The van der Waals surface area contributed by atoms with E-state index in [0.29, 0.717) is 10.6 Å². The average Bonchev–Trinajstić information content (AvgIpc) is 2.52. The van der Waals surface area contributed by atoms with E-state index >= 15 is 0 Å². The minimum atomic E-state index is -1.74. The van der Waals surface area contributed by atoms with Crippen LogP contribution in [0.15, 0.2) is 35.3 Å². The van der Waals surface area contributed by atoms with E-state index in [4.69, 9.17) is 0 Å². The van der Waals surface area contributed by atoms with Gasteiger partial charge < -0.3 is 5.11 Å². The lowest BCUT2D eigenvalue weighted by atomic mass is 9.86. The van der Waals surface area contributed by atoms with Gasteiger partial charge in [-0.15, -0.1) is 0 Å². The van der Waals surface area contributed by atoms with Crippen molar-refractivity contribution < 1.29 is 15.1 Å². The molecule has 0 saturated heterocycles. The summed E-state index contributed by atoms with van der Waals surface area (Å²) >= 11 is 0. The van der Waals surface area contributed by atoms with E-state index < -0.39 is 17.0 Å². The van der Waals surface area contributed by atoms with E-state index in [1.54, 1.807) is 38.1 Å². The standard InChI is InChI=1S/C13H16N2O3/c1-9(16)11-14-12(2,3)13(17,15(11)18)10-7-5-4-6-8-10/h4-8,17-18H,1-3H3. The van der Waals surface area contributed by atoms with Gasteiger partial charge >= 0.3 is 0 Å². The van der Waals surface area contributed by atoms with Crippen LogP contribution in [0.25, 0.3) is 0 Å². The first-order chi connectivity index (χ1) is 8.30. The van der Waals surface area contributed by atoms with Crippen LogP contribution >= 0.6 is 0 Å². The monoisotopic (exact) mass is 248 g/mol. The number of aliphatic imine (C=N–C) groups is 1. The molecule has 96 valence electrons. The summed E-state index contributed by atoms with van der Waals surface area (Å²) in [5.74, 6) is -0.524. The Morgan fingerprint density at radius 2 is 1.83 bits per heavy atom. The molecule has 0 bridgehead atoms. The molecular weight excluding hydrogens is 232 g/mol. The van der Waals surface area contributed by atoms with Crippen molar-refractivity contribution in [2.75, 3.05) is 0 Å². The smallest absolute Gasteiger partial charge is 0.215 e. The van der Waals surface area contributed by atoms with E-state index in [2.05, 4.69) is 4.99 Å². The Balaban J connectivity index is 2.56. The molecule has 0 aliphatic carbocycles. The van der Waals surface area contributed by atoms with E-state index in [0.717, 1.165) is 0 Å². The number of nitrogens with zero attached hydrogens (tertiary/aromatic N) is 2. The second kappa shape index (κ2) is 3.90. The number of amidine groups is 1. The molecule has 1 aromatic rings. The van der Waals surface area contributed by atoms with Crippen LogP contribution in [-0.4, -0.2) is 32.5 Å². The Hall–Kier alpha value is -1.72. The van der Waals surface area contributed by atoms with Crippen molar-refractivity contribution in [1.82, 2.24) is 5.06 Å². The number of hydrogen-bond acceptors (Lipinski definition) is 5. The third-order valence-corrected chi connectivity index (χ3v) is 3.24. The second-order valence-corrected chi connectivity index (χ2v) is 4.90. The highest BCUT2D eigenvalue weighted by molar-refractivity contribution is 6.38. The first-order valence-electron chi connectivity index (χ1n) is 5.68. The molecule has 1 aromatic carbocycles. The Labute approximate surface area is 105 Å². The highest BCUT2D eigenvalue weighted by atomic mass is 16.6. The van der Waals surface area contributed by atoms with Gasteiger partial charge in [-0.05, 0) is 13.8 Å². The molecule has 0 saturated carbocycles. The molecule has 1 atom stereocenters. The number of carbonyl (C=O) groups is 1. The van der Waals surface area contributed by atoms with E-state index in [9.17, 15) is 15.1 Å². The van der Waals surface area contributed by atoms with Crippen LogP contribution in [0, 0.1) is 0 Å². The van der Waals surface area contributed by atoms with Gasteiger partial charge in [-0.3, -0.25) is 15.0 Å². The number of rotatable bonds is 2. The first-order valence-corrected chi connectivity index (χ1v) is 5.68. The van der Waals surface area contributed by atoms with Crippen molar-refractivity contribution in [3.63, 3.8) is 0 Å². The minimum Gasteiger partial charge on any atom is -0.363 e. The lowest BCUT2D eigenvalue weighted by molar-refractivity contribution is -0.234. The van der Waals surface area contributed by atoms with Crippen LogP contribution < -0.4 is 0 Å². The Kier molecular flexibility index (Phi) is 2.76. The normalized spacial score (nSPS) is 26.1. The molecule has 1 aliphatic heterocycles. The Bertz CT molecular complexity index is 510. The number of ketones is 1. The van der Waals surface area contributed by atoms with Crippen LogP contribution in [0.5, 0.6) is 0 Å². The fraction of sp³-hybridized carbons (Fsp3) is 0.385. The number of hydroxylamine groups is 2. The molecule has 1 heterocycles. The van der Waals surface area contributed by atoms with Crippen molar-refractivity contribution >= 4 is 11.6 Å². The SMILES string of the molecule is CC(=O)C1=NC(C)(C)C(O)(c2ccccc2)N1O. The summed E-state index contributed by atoms with van der Waals surface area (Å²) in [5.41, 5.74) is -2.28. The number of benzene rings is 1. The lowest BCUT2D eigenvalue weighted by Crippen LogP contribution is -2.54. The summed E-state index contributed by atoms with van der Waals surface area (Å²) in [4.78, 5) is 15.5. The zero-order valence-electron chi connectivity index (χ0n) is 10.6. The van der Waals surface area contributed by atoms with Crippen LogP contribution in [0.4, 0.5) is 0 Å². The maximum atomic E-state index is 11.4. The van der Waals surface area contributed by atoms with Crippen LogP contribution in [0.1, 0.15) is 26.3 Å². The van der Waals surface area contributed by atoms with Gasteiger partial charge in [-0.1, -0.05) is 30.3 Å². The zero-order valence-corrected chi connectivity index (χ0v) is 10.6. The summed E-state index contributed by atoms with van der Waals surface area (Å²) in [6.07, 6.45) is 0. The average molecular weight is 248 g/mol. The predicted octanol–water partition coefficient (Wildman–Crippen LogP) is 1.30. The van der Waals surface area contributed by atoms with E-state index in [1.807, 2.05) is 6.07 Å². The van der Waals surface area contributed by atoms with Gasteiger partial charge in [-0.25, -0.2) is 0 Å². The van der Waals surface area contributed by atoms with E-state index in [-0.39, 0.29) is 5.84 Å². The molecule has 5 heteroatoms. The molecule has 0 aromatic heterocycles. The van der Waals surface area contributed by atoms with Crippen molar-refractivity contribution in [3.05, 3.63) is 35.9 Å². The number of aliphatic hydroxyl groups is 1. The summed E-state index contributed by atoms with van der Waals surface area (Å²) in [6, 6.07) is 8.68. The maximum absolute atomic E-state index is 11.4. The molecule has 18 heavy (non-hydrogen) atoms. The summed E-state index contributed by atoms with van der Waals surface area (Å²) in [6.45, 7) is 4.63. The summed E-state index contributed by atoms with van der Waals surface area (Å²) in [5, 5.41) is 21.4. The van der Waals surface area contributed by atoms with Gasteiger partial charge in [0.15, 0.2) is 11.6 Å². The van der Waals surface area contributed by atoms with E-state index in [1.165, 1.54) is 6.92 Å². The van der Waals surface area contributed by atoms with Crippen molar-refractivity contribution in [1.29, 1.82) is 0 Å². The van der Waals surface area contributed by atoms with Gasteiger partial charge in [0.1, 0.15) is 5.54 Å². The highest BCUT2D eigenvalue weighted by Gasteiger charge is 2.57. The minimum absolute atomic E-state index is 0.133. The summed E-state index contributed by atoms with van der Waals surface area (Å²) in [7, 11) is 0. The molecule has 2 N–H and O–H groups in total. The van der Waals surface area contributed by atoms with Gasteiger partial charge in [0.2, 0.25) is 5.72 Å². The Morgan fingerprint density at radius 3 is 2.28 bits per heavy atom. The zero-order chi connectivity index (χ0) is 13.6. The molecule has 5 nitrogen and oxygen atoms in total.